The van der Waals surface area contributed by atoms with E-state index in [0.717, 1.165) is 4.90 Å². The van der Waals surface area contributed by atoms with Gasteiger partial charge in [0.1, 0.15) is 0 Å². The molecule has 0 fully saturated rings. The summed E-state index contributed by atoms with van der Waals surface area (Å²) >= 11 is 0. The Kier molecular flexibility index (Phi) is 7.14. The molecule has 0 spiro atoms. The lowest BCUT2D eigenvalue weighted by molar-refractivity contribution is -0.154. The minimum atomic E-state index is -3.59. The number of methoxy groups -OCH3 is 2. The first-order valence-electron chi connectivity index (χ1n) is 6.79. The first-order valence-corrected chi connectivity index (χ1v) is 6.79. The minimum absolute atomic E-state index is 0.120. The maximum absolute atomic E-state index is 14.0. The predicted molar refractivity (Wildman–Crippen MR) is 80.7 cm³/mol. The van der Waals surface area contributed by atoms with Crippen LogP contribution in [0.25, 0.3) is 6.08 Å². The van der Waals surface area contributed by atoms with Crippen molar-refractivity contribution < 1.29 is 23.0 Å². The van der Waals surface area contributed by atoms with Crippen LogP contribution in [0.1, 0.15) is 5.56 Å². The van der Waals surface area contributed by atoms with Gasteiger partial charge in [0.05, 0.1) is 19.3 Å². The molecule has 0 aromatic heterocycles. The van der Waals surface area contributed by atoms with E-state index in [2.05, 4.69) is 0 Å². The van der Waals surface area contributed by atoms with Gasteiger partial charge in [-0.1, -0.05) is 36.4 Å². The number of halogens is 2. The molecule has 0 N–H and O–H groups in total. The summed E-state index contributed by atoms with van der Waals surface area (Å²) in [5, 5.41) is 0. The molecule has 1 aromatic carbocycles. The van der Waals surface area contributed by atoms with Gasteiger partial charge in [0.15, 0.2) is 0 Å². The molecular formula is C16H21F2NO3. The highest BCUT2D eigenvalue weighted by atomic mass is 19.3. The van der Waals surface area contributed by atoms with Crippen molar-refractivity contribution >= 4 is 12.0 Å². The standard InChI is InChI=1S/C16H21F2NO3/c1-19(14(11-21-2)12-22-3)15(20)16(17,18)10-9-13-7-5-4-6-8-13/h4-10,14H,11-12H2,1-3H3/b10-9+. The minimum Gasteiger partial charge on any atom is -0.382 e. The third-order valence-corrected chi connectivity index (χ3v) is 3.16. The number of likely N-dealkylation sites (N-methyl/N-ethyl adjacent to an activating group) is 1. The van der Waals surface area contributed by atoms with Gasteiger partial charge in [-0.25, -0.2) is 0 Å². The SMILES string of the molecule is COCC(COC)N(C)C(=O)C(F)(F)/C=C/c1ccccc1. The first kappa shape index (κ1) is 18.3. The number of amides is 1. The Hall–Kier alpha value is -1.79. The summed E-state index contributed by atoms with van der Waals surface area (Å²) < 4.78 is 37.9. The summed E-state index contributed by atoms with van der Waals surface area (Å²) in [6.45, 7) is 0.239. The van der Waals surface area contributed by atoms with Crippen LogP contribution in [0.3, 0.4) is 0 Å². The molecule has 0 aliphatic carbocycles. The number of hydrogen-bond donors (Lipinski definition) is 0. The van der Waals surface area contributed by atoms with Crippen molar-refractivity contribution in [2.45, 2.75) is 12.0 Å². The normalized spacial score (nSPS) is 12.1. The summed E-state index contributed by atoms with van der Waals surface area (Å²) in [5.41, 5.74) is 0.600. The van der Waals surface area contributed by atoms with Gasteiger partial charge in [-0.3, -0.25) is 4.79 Å². The van der Waals surface area contributed by atoms with Crippen molar-refractivity contribution in [2.75, 3.05) is 34.5 Å². The van der Waals surface area contributed by atoms with Crippen molar-refractivity contribution in [1.82, 2.24) is 4.90 Å². The maximum Gasteiger partial charge on any atom is 0.343 e. The predicted octanol–water partition coefficient (Wildman–Crippen LogP) is 2.45. The number of benzene rings is 1. The average Bonchev–Trinajstić information content (AvgIpc) is 2.52. The number of nitrogens with zero attached hydrogens (tertiary/aromatic N) is 1. The van der Waals surface area contributed by atoms with Crippen LogP contribution >= 0.6 is 0 Å². The fourth-order valence-electron chi connectivity index (χ4n) is 1.89. The molecule has 0 aliphatic heterocycles. The van der Waals surface area contributed by atoms with Gasteiger partial charge in [-0.2, -0.15) is 8.78 Å². The van der Waals surface area contributed by atoms with E-state index in [4.69, 9.17) is 9.47 Å². The van der Waals surface area contributed by atoms with Crippen LogP contribution < -0.4 is 0 Å². The Morgan fingerprint density at radius 1 is 1.23 bits per heavy atom. The number of ether oxygens (including phenoxy) is 2. The van der Waals surface area contributed by atoms with E-state index in [1.165, 1.54) is 27.3 Å². The van der Waals surface area contributed by atoms with Crippen molar-refractivity contribution in [3.63, 3.8) is 0 Å². The first-order chi connectivity index (χ1) is 10.4. The highest BCUT2D eigenvalue weighted by molar-refractivity contribution is 5.86. The van der Waals surface area contributed by atoms with Gasteiger partial charge < -0.3 is 14.4 Å². The summed E-state index contributed by atoms with van der Waals surface area (Å²) in [6, 6.07) is 8.05. The zero-order chi connectivity index (χ0) is 16.6. The third-order valence-electron chi connectivity index (χ3n) is 3.16. The summed E-state index contributed by atoms with van der Waals surface area (Å²) in [6.07, 6.45) is 1.84. The molecule has 4 nitrogen and oxygen atoms in total. The molecule has 0 atom stereocenters. The molecule has 0 saturated heterocycles. The number of carbonyl (C=O) groups excluding carboxylic acids is 1. The highest BCUT2D eigenvalue weighted by Gasteiger charge is 2.40. The smallest absolute Gasteiger partial charge is 0.343 e. The Morgan fingerprint density at radius 2 is 1.77 bits per heavy atom. The largest absolute Gasteiger partial charge is 0.382 e. The van der Waals surface area contributed by atoms with Crippen molar-refractivity contribution in [1.29, 1.82) is 0 Å². The summed E-state index contributed by atoms with van der Waals surface area (Å²) in [4.78, 5) is 13.0. The van der Waals surface area contributed by atoms with E-state index in [1.54, 1.807) is 30.3 Å². The fourth-order valence-corrected chi connectivity index (χ4v) is 1.89. The van der Waals surface area contributed by atoms with Gasteiger partial charge in [-0.05, 0) is 11.6 Å². The molecule has 0 aliphatic rings. The van der Waals surface area contributed by atoms with Crippen LogP contribution in [0.2, 0.25) is 0 Å². The Labute approximate surface area is 129 Å². The van der Waals surface area contributed by atoms with E-state index in [1.807, 2.05) is 0 Å². The second kappa shape index (κ2) is 8.60. The second-order valence-corrected chi connectivity index (χ2v) is 4.85. The molecule has 1 amide bonds. The van der Waals surface area contributed by atoms with Gasteiger partial charge in [0, 0.05) is 21.3 Å². The van der Waals surface area contributed by atoms with Crippen molar-refractivity contribution in [3.05, 3.63) is 42.0 Å². The third kappa shape index (κ3) is 5.20. The van der Waals surface area contributed by atoms with Crippen LogP contribution in [0.5, 0.6) is 0 Å². The quantitative estimate of drug-likeness (QED) is 0.740. The number of carbonyl (C=O) groups is 1. The molecule has 6 heteroatoms. The molecule has 0 bridgehead atoms. The van der Waals surface area contributed by atoms with Crippen LogP contribution in [-0.2, 0) is 14.3 Å². The molecule has 0 radical (unpaired) electrons. The van der Waals surface area contributed by atoms with E-state index >= 15 is 0 Å². The molecule has 122 valence electrons. The van der Waals surface area contributed by atoms with Crippen LogP contribution in [0.15, 0.2) is 36.4 Å². The van der Waals surface area contributed by atoms with Gasteiger partial charge in [0.2, 0.25) is 0 Å². The fraction of sp³-hybridized carbons (Fsp3) is 0.438. The molecule has 1 aromatic rings. The summed E-state index contributed by atoms with van der Waals surface area (Å²) in [5.74, 6) is -4.89. The molecule has 0 unspecified atom stereocenters. The highest BCUT2D eigenvalue weighted by Crippen LogP contribution is 2.21. The second-order valence-electron chi connectivity index (χ2n) is 4.85. The van der Waals surface area contributed by atoms with Crippen molar-refractivity contribution in [2.24, 2.45) is 0 Å². The molecular weight excluding hydrogens is 292 g/mol. The Bertz CT molecular complexity index is 485. The van der Waals surface area contributed by atoms with E-state index in [9.17, 15) is 13.6 Å². The van der Waals surface area contributed by atoms with E-state index < -0.39 is 17.9 Å². The van der Waals surface area contributed by atoms with Gasteiger partial charge in [-0.15, -0.1) is 0 Å². The maximum atomic E-state index is 14.0. The monoisotopic (exact) mass is 313 g/mol. The lowest BCUT2D eigenvalue weighted by Crippen LogP contribution is -2.49. The average molecular weight is 313 g/mol. The Balaban J connectivity index is 2.81. The molecule has 22 heavy (non-hydrogen) atoms. The number of hydrogen-bond acceptors (Lipinski definition) is 3. The van der Waals surface area contributed by atoms with Gasteiger partial charge in [0.25, 0.3) is 5.91 Å². The topological polar surface area (TPSA) is 38.8 Å². The summed E-state index contributed by atoms with van der Waals surface area (Å²) in [7, 11) is 4.19. The van der Waals surface area contributed by atoms with E-state index in [0.29, 0.717) is 11.6 Å². The zero-order valence-electron chi connectivity index (χ0n) is 13.0. The van der Waals surface area contributed by atoms with Crippen LogP contribution in [0.4, 0.5) is 8.78 Å². The molecule has 0 heterocycles. The number of rotatable bonds is 8. The van der Waals surface area contributed by atoms with Crippen molar-refractivity contribution in [3.8, 4) is 0 Å². The van der Waals surface area contributed by atoms with E-state index in [-0.39, 0.29) is 13.2 Å². The van der Waals surface area contributed by atoms with Gasteiger partial charge >= 0.3 is 5.92 Å². The lowest BCUT2D eigenvalue weighted by atomic mass is 10.1. The lowest BCUT2D eigenvalue weighted by Gasteiger charge is -2.29. The van der Waals surface area contributed by atoms with Crippen LogP contribution in [0, 0.1) is 0 Å². The number of alkyl halides is 2. The Morgan fingerprint density at radius 3 is 2.27 bits per heavy atom. The zero-order valence-corrected chi connectivity index (χ0v) is 13.0. The van der Waals surface area contributed by atoms with Crippen LogP contribution in [-0.4, -0.2) is 57.3 Å². The molecule has 0 saturated carbocycles. The molecule has 1 rings (SSSR count).